The predicted molar refractivity (Wildman–Crippen MR) is 120 cm³/mol. The molecule has 0 radical (unpaired) electrons. The third kappa shape index (κ3) is 4.64. The molecule has 4 rings (SSSR count). The quantitative estimate of drug-likeness (QED) is 0.401. The Bertz CT molecular complexity index is 1310. The Morgan fingerprint density at radius 2 is 1.88 bits per heavy atom. The Balaban J connectivity index is 1.80. The lowest BCUT2D eigenvalue weighted by Gasteiger charge is -2.19. The van der Waals surface area contributed by atoms with Crippen LogP contribution in [0.5, 0.6) is 5.88 Å². The minimum Gasteiger partial charge on any atom is -0.480 e. The highest BCUT2D eigenvalue weighted by molar-refractivity contribution is 5.91. The fraction of sp³-hybridized carbons (Fsp3) is 0.217. The van der Waals surface area contributed by atoms with Gasteiger partial charge in [-0.3, -0.25) is 4.98 Å². The molecule has 4 aromatic rings. The molecule has 0 fully saturated rings. The minimum atomic E-state index is -4.50. The summed E-state index contributed by atoms with van der Waals surface area (Å²) in [7, 11) is 1.52. The average Bonchev–Trinajstić information content (AvgIpc) is 2.77. The molecule has 33 heavy (non-hydrogen) atoms. The van der Waals surface area contributed by atoms with Crippen molar-refractivity contribution in [3.8, 4) is 17.0 Å². The molecule has 170 valence electrons. The van der Waals surface area contributed by atoms with E-state index in [0.29, 0.717) is 39.7 Å². The van der Waals surface area contributed by atoms with Gasteiger partial charge in [0.25, 0.3) is 0 Å². The largest absolute Gasteiger partial charge is 0.480 e. The van der Waals surface area contributed by atoms with E-state index >= 15 is 0 Å². The maximum Gasteiger partial charge on any atom is 0.416 e. The molecule has 3 aromatic heterocycles. The molecule has 0 aliphatic rings. The second kappa shape index (κ2) is 8.53. The number of nitrogens with two attached hydrogens (primary N) is 1. The molecule has 0 saturated carbocycles. The topological polar surface area (TPSA) is 98.8 Å². The molecular weight excluding hydrogens is 433 g/mol. The van der Waals surface area contributed by atoms with Crippen LogP contribution in [-0.2, 0) is 6.18 Å². The van der Waals surface area contributed by atoms with Gasteiger partial charge < -0.3 is 15.8 Å². The first-order valence-electron chi connectivity index (χ1n) is 10.0. The van der Waals surface area contributed by atoms with Crippen LogP contribution in [0.25, 0.3) is 22.2 Å². The lowest BCUT2D eigenvalue weighted by atomic mass is 10.0. The van der Waals surface area contributed by atoms with Crippen molar-refractivity contribution in [3.05, 3.63) is 65.7 Å². The molecule has 0 aliphatic carbocycles. The maximum absolute atomic E-state index is 13.3. The minimum absolute atomic E-state index is 0.0301. The van der Waals surface area contributed by atoms with Crippen molar-refractivity contribution >= 4 is 22.5 Å². The molecular formula is C23H21F3N6O. The van der Waals surface area contributed by atoms with Gasteiger partial charge in [0.15, 0.2) is 5.65 Å². The molecule has 1 atom stereocenters. The van der Waals surface area contributed by atoms with Crippen LogP contribution in [0.3, 0.4) is 0 Å². The third-order valence-electron chi connectivity index (χ3n) is 5.09. The summed E-state index contributed by atoms with van der Waals surface area (Å²) in [5.74, 6) is 1.25. The number of hydrogen-bond acceptors (Lipinski definition) is 7. The summed E-state index contributed by atoms with van der Waals surface area (Å²) < 4.78 is 45.2. The zero-order chi connectivity index (χ0) is 23.8. The van der Waals surface area contributed by atoms with Crippen LogP contribution in [0.2, 0.25) is 0 Å². The van der Waals surface area contributed by atoms with Gasteiger partial charge in [-0.2, -0.15) is 18.2 Å². The summed E-state index contributed by atoms with van der Waals surface area (Å²) in [4.78, 5) is 17.5. The highest BCUT2D eigenvalue weighted by atomic mass is 19.4. The van der Waals surface area contributed by atoms with E-state index < -0.39 is 17.8 Å². The normalized spacial score (nSPS) is 12.5. The molecule has 0 unspecified atom stereocenters. The molecule has 0 saturated heterocycles. The summed E-state index contributed by atoms with van der Waals surface area (Å²) in [5, 5.41) is 3.78. The Hall–Kier alpha value is -3.95. The van der Waals surface area contributed by atoms with Crippen molar-refractivity contribution in [3.63, 3.8) is 0 Å². The number of nitrogens with one attached hydrogen (secondary N) is 1. The Labute approximate surface area is 187 Å². The van der Waals surface area contributed by atoms with Crippen LogP contribution in [0, 0.1) is 6.92 Å². The van der Waals surface area contributed by atoms with E-state index in [1.807, 2.05) is 12.1 Å². The molecule has 10 heteroatoms. The van der Waals surface area contributed by atoms with E-state index in [9.17, 15) is 13.2 Å². The van der Waals surface area contributed by atoms with Gasteiger partial charge in [0, 0.05) is 29.2 Å². The number of ether oxygens (including phenoxy) is 1. The number of pyridine rings is 2. The second-order valence-electron chi connectivity index (χ2n) is 7.53. The Kier molecular flexibility index (Phi) is 5.75. The van der Waals surface area contributed by atoms with Crippen LogP contribution >= 0.6 is 0 Å². The van der Waals surface area contributed by atoms with Crippen LogP contribution in [0.4, 0.5) is 24.7 Å². The number of rotatable bonds is 5. The summed E-state index contributed by atoms with van der Waals surface area (Å²) >= 11 is 0. The summed E-state index contributed by atoms with van der Waals surface area (Å²) in [6, 6.07) is 8.46. The van der Waals surface area contributed by atoms with Crippen molar-refractivity contribution in [2.45, 2.75) is 26.1 Å². The van der Waals surface area contributed by atoms with Gasteiger partial charge in [-0.25, -0.2) is 9.97 Å². The zero-order valence-corrected chi connectivity index (χ0v) is 18.1. The summed E-state index contributed by atoms with van der Waals surface area (Å²) in [5.41, 5.74) is 7.20. The summed E-state index contributed by atoms with van der Waals surface area (Å²) in [6.07, 6.45) is -1.16. The van der Waals surface area contributed by atoms with Gasteiger partial charge in [-0.15, -0.1) is 0 Å². The van der Waals surface area contributed by atoms with Crippen molar-refractivity contribution in [1.82, 2.24) is 19.9 Å². The fourth-order valence-corrected chi connectivity index (χ4v) is 3.52. The number of nitrogens with zero attached hydrogens (tertiary/aromatic N) is 4. The number of halogens is 3. The van der Waals surface area contributed by atoms with Gasteiger partial charge in [-0.05, 0) is 49.7 Å². The van der Waals surface area contributed by atoms with Crippen LogP contribution < -0.4 is 15.8 Å². The van der Waals surface area contributed by atoms with E-state index in [4.69, 9.17) is 10.5 Å². The number of anilines is 2. The molecule has 3 N–H and O–H groups in total. The standard InChI is InChI=1S/C23H21F3N6O/c1-12(15-7-16(23(24,25)26)9-17(27)8-15)29-20-19-10-18(14-5-4-6-28-11-14)22(33-3)32-21(19)31-13(2)30-20/h4-12H,27H2,1-3H3,(H,29,30,31,32)/t12-/m1/s1. The van der Waals surface area contributed by atoms with Crippen molar-refractivity contribution < 1.29 is 17.9 Å². The van der Waals surface area contributed by atoms with Crippen LogP contribution in [0.15, 0.2) is 48.8 Å². The third-order valence-corrected chi connectivity index (χ3v) is 5.09. The second-order valence-corrected chi connectivity index (χ2v) is 7.53. The molecule has 1 aromatic carbocycles. The number of nitrogen functional groups attached to an aromatic ring is 1. The van der Waals surface area contributed by atoms with E-state index in [-0.39, 0.29) is 5.69 Å². The average molecular weight is 454 g/mol. The first-order valence-corrected chi connectivity index (χ1v) is 10.0. The van der Waals surface area contributed by atoms with Gasteiger partial charge in [0.05, 0.1) is 24.1 Å². The molecule has 0 amide bonds. The zero-order valence-electron chi connectivity index (χ0n) is 18.1. The van der Waals surface area contributed by atoms with E-state index in [1.165, 1.54) is 13.2 Å². The molecule has 0 spiro atoms. The first-order chi connectivity index (χ1) is 15.7. The van der Waals surface area contributed by atoms with Gasteiger partial charge in [0.1, 0.15) is 11.6 Å². The molecule has 0 bridgehead atoms. The van der Waals surface area contributed by atoms with E-state index in [1.54, 1.807) is 32.3 Å². The maximum atomic E-state index is 13.3. The number of aryl methyl sites for hydroxylation is 1. The van der Waals surface area contributed by atoms with Gasteiger partial charge in [-0.1, -0.05) is 6.07 Å². The van der Waals surface area contributed by atoms with Gasteiger partial charge in [0.2, 0.25) is 5.88 Å². The van der Waals surface area contributed by atoms with Crippen molar-refractivity contribution in [2.75, 3.05) is 18.2 Å². The number of alkyl halides is 3. The van der Waals surface area contributed by atoms with E-state index in [0.717, 1.165) is 17.7 Å². The number of fused-ring (bicyclic) bond motifs is 1. The van der Waals surface area contributed by atoms with Crippen molar-refractivity contribution in [1.29, 1.82) is 0 Å². The smallest absolute Gasteiger partial charge is 0.416 e. The highest BCUT2D eigenvalue weighted by Gasteiger charge is 2.31. The van der Waals surface area contributed by atoms with Crippen LogP contribution in [-0.4, -0.2) is 27.0 Å². The van der Waals surface area contributed by atoms with E-state index in [2.05, 4.69) is 25.3 Å². The van der Waals surface area contributed by atoms with Gasteiger partial charge >= 0.3 is 6.18 Å². The number of methoxy groups -OCH3 is 1. The predicted octanol–water partition coefficient (Wildman–Crippen LogP) is 5.18. The van der Waals surface area contributed by atoms with Crippen molar-refractivity contribution in [2.24, 2.45) is 0 Å². The number of hydrogen-bond donors (Lipinski definition) is 2. The Morgan fingerprint density at radius 3 is 2.55 bits per heavy atom. The lowest BCUT2D eigenvalue weighted by molar-refractivity contribution is -0.137. The SMILES string of the molecule is COc1nc2nc(C)nc(N[C@H](C)c3cc(N)cc(C(F)(F)F)c3)c2cc1-c1cccnc1. The lowest BCUT2D eigenvalue weighted by Crippen LogP contribution is -2.13. The first kappa shape index (κ1) is 22.3. The van der Waals surface area contributed by atoms with Crippen LogP contribution in [0.1, 0.15) is 29.9 Å². The number of aromatic nitrogens is 4. The highest BCUT2D eigenvalue weighted by Crippen LogP contribution is 2.36. The number of benzene rings is 1. The molecule has 0 aliphatic heterocycles. The molecule has 3 heterocycles. The monoisotopic (exact) mass is 454 g/mol. The molecule has 7 nitrogen and oxygen atoms in total. The fourth-order valence-electron chi connectivity index (χ4n) is 3.52. The Morgan fingerprint density at radius 1 is 1.09 bits per heavy atom. The summed E-state index contributed by atoms with van der Waals surface area (Å²) in [6.45, 7) is 3.44.